The van der Waals surface area contributed by atoms with Crippen LogP contribution in [0.15, 0.2) is 22.4 Å². The number of hydrogen-bond acceptors (Lipinski definition) is 6. The smallest absolute Gasteiger partial charge is 0.258 e. The summed E-state index contributed by atoms with van der Waals surface area (Å²) >= 11 is 1.47. The van der Waals surface area contributed by atoms with Crippen LogP contribution in [0.4, 0.5) is 0 Å². The Labute approximate surface area is 156 Å². The van der Waals surface area contributed by atoms with Crippen molar-refractivity contribution in [2.45, 2.75) is 38.3 Å². The lowest BCUT2D eigenvalue weighted by Gasteiger charge is -2.35. The van der Waals surface area contributed by atoms with E-state index in [1.54, 1.807) is 16.7 Å². The average Bonchev–Trinajstić information content (AvgIpc) is 3.12. The van der Waals surface area contributed by atoms with Gasteiger partial charge in [-0.3, -0.25) is 18.9 Å². The summed E-state index contributed by atoms with van der Waals surface area (Å²) in [6.45, 7) is 4.51. The van der Waals surface area contributed by atoms with E-state index in [1.165, 1.54) is 11.3 Å². The fourth-order valence-electron chi connectivity index (χ4n) is 3.65. The Morgan fingerprint density at radius 3 is 2.88 bits per heavy atom. The van der Waals surface area contributed by atoms with Gasteiger partial charge < -0.3 is 9.64 Å². The van der Waals surface area contributed by atoms with Crippen molar-refractivity contribution in [2.24, 2.45) is 0 Å². The number of rotatable bonds is 4. The lowest BCUT2D eigenvalue weighted by molar-refractivity contribution is -0.136. The van der Waals surface area contributed by atoms with Crippen molar-refractivity contribution in [3.05, 3.63) is 33.7 Å². The van der Waals surface area contributed by atoms with Gasteiger partial charge in [0.2, 0.25) is 5.91 Å². The van der Waals surface area contributed by atoms with Gasteiger partial charge in [-0.15, -0.1) is 11.3 Å². The molecule has 140 valence electrons. The van der Waals surface area contributed by atoms with Crippen LogP contribution in [0.2, 0.25) is 0 Å². The van der Waals surface area contributed by atoms with Crippen LogP contribution in [0.5, 0.6) is 0 Å². The maximum absolute atomic E-state index is 12.5. The van der Waals surface area contributed by atoms with Crippen LogP contribution in [0, 0.1) is 0 Å². The second kappa shape index (κ2) is 7.85. The highest BCUT2D eigenvalue weighted by atomic mass is 32.1. The number of ether oxygens (including phenoxy) is 1. The van der Waals surface area contributed by atoms with Crippen molar-refractivity contribution in [3.63, 3.8) is 0 Å². The topological polar surface area (TPSA) is 67.2 Å². The second-order valence-corrected chi connectivity index (χ2v) is 7.86. The molecule has 2 saturated heterocycles. The molecule has 4 rings (SSSR count). The standard InChI is InChI=1S/C18H24N4O3S/c23-16(12-15-3-1-2-9-25-15)21-6-4-20(5-7-21)13-14-11-17(24)22-8-10-26-18(22)19-14/h8,10-11,15H,1-7,9,12-13H2. The molecule has 2 fully saturated rings. The third kappa shape index (κ3) is 3.97. The predicted molar refractivity (Wildman–Crippen MR) is 99.4 cm³/mol. The van der Waals surface area contributed by atoms with Gasteiger partial charge in [-0.2, -0.15) is 0 Å². The number of piperazine rings is 1. The Balaban J connectivity index is 1.30. The molecule has 0 aliphatic carbocycles. The van der Waals surface area contributed by atoms with E-state index in [1.807, 2.05) is 10.3 Å². The largest absolute Gasteiger partial charge is 0.378 e. The molecule has 26 heavy (non-hydrogen) atoms. The van der Waals surface area contributed by atoms with Gasteiger partial charge in [-0.1, -0.05) is 0 Å². The Morgan fingerprint density at radius 2 is 2.12 bits per heavy atom. The van der Waals surface area contributed by atoms with Crippen LogP contribution >= 0.6 is 11.3 Å². The molecule has 2 aliphatic rings. The summed E-state index contributed by atoms with van der Waals surface area (Å²) in [5.41, 5.74) is 0.764. The molecule has 4 heterocycles. The molecule has 2 aromatic rings. The van der Waals surface area contributed by atoms with Gasteiger partial charge in [0, 0.05) is 57.0 Å². The van der Waals surface area contributed by atoms with E-state index in [0.29, 0.717) is 13.0 Å². The van der Waals surface area contributed by atoms with Gasteiger partial charge in [0.25, 0.3) is 5.56 Å². The van der Waals surface area contributed by atoms with E-state index < -0.39 is 0 Å². The number of carbonyl (C=O) groups is 1. The maximum Gasteiger partial charge on any atom is 0.258 e. The van der Waals surface area contributed by atoms with E-state index in [4.69, 9.17) is 4.74 Å². The Morgan fingerprint density at radius 1 is 1.27 bits per heavy atom. The normalized spacial score (nSPS) is 22.0. The highest BCUT2D eigenvalue weighted by Crippen LogP contribution is 2.17. The summed E-state index contributed by atoms with van der Waals surface area (Å²) in [4.78, 5) is 34.0. The summed E-state index contributed by atoms with van der Waals surface area (Å²) in [5.74, 6) is 0.202. The maximum atomic E-state index is 12.5. The quantitative estimate of drug-likeness (QED) is 0.806. The number of carbonyl (C=O) groups excluding carboxylic acids is 1. The number of nitrogens with zero attached hydrogens (tertiary/aromatic N) is 4. The first-order valence-corrected chi connectivity index (χ1v) is 10.1. The van der Waals surface area contributed by atoms with E-state index in [-0.39, 0.29) is 17.6 Å². The Kier molecular flexibility index (Phi) is 5.33. The summed E-state index contributed by atoms with van der Waals surface area (Å²) in [6, 6.07) is 1.61. The zero-order valence-electron chi connectivity index (χ0n) is 14.8. The lowest BCUT2D eigenvalue weighted by atomic mass is 10.1. The Bertz CT molecular complexity index is 819. The third-order valence-corrected chi connectivity index (χ3v) is 5.90. The first-order chi connectivity index (χ1) is 12.7. The van der Waals surface area contributed by atoms with Crippen molar-refractivity contribution < 1.29 is 9.53 Å². The van der Waals surface area contributed by atoms with Crippen molar-refractivity contribution in [3.8, 4) is 0 Å². The number of aromatic nitrogens is 2. The van der Waals surface area contributed by atoms with Gasteiger partial charge in [0.1, 0.15) is 0 Å². The van der Waals surface area contributed by atoms with Crippen molar-refractivity contribution in [1.82, 2.24) is 19.2 Å². The molecular formula is C18H24N4O3S. The van der Waals surface area contributed by atoms with Crippen LogP contribution in [0.25, 0.3) is 4.96 Å². The molecule has 0 N–H and O–H groups in total. The highest BCUT2D eigenvalue weighted by Gasteiger charge is 2.25. The molecular weight excluding hydrogens is 352 g/mol. The summed E-state index contributed by atoms with van der Waals surface area (Å²) in [6.07, 6.45) is 5.63. The van der Waals surface area contributed by atoms with Gasteiger partial charge in [-0.25, -0.2) is 4.98 Å². The molecule has 2 aliphatic heterocycles. The van der Waals surface area contributed by atoms with E-state index in [9.17, 15) is 9.59 Å². The third-order valence-electron chi connectivity index (χ3n) is 5.14. The molecule has 1 atom stereocenters. The first-order valence-electron chi connectivity index (χ1n) is 9.26. The Hall–Kier alpha value is -1.77. The molecule has 0 spiro atoms. The number of fused-ring (bicyclic) bond motifs is 1. The highest BCUT2D eigenvalue weighted by molar-refractivity contribution is 7.15. The zero-order valence-corrected chi connectivity index (χ0v) is 15.6. The van der Waals surface area contributed by atoms with Crippen LogP contribution in [0.3, 0.4) is 0 Å². The molecule has 8 heteroatoms. The monoisotopic (exact) mass is 376 g/mol. The molecule has 0 saturated carbocycles. The molecule has 0 bridgehead atoms. The summed E-state index contributed by atoms with van der Waals surface area (Å²) in [7, 11) is 0. The SMILES string of the molecule is O=C(CC1CCCCO1)N1CCN(Cc2cc(=O)n3ccsc3n2)CC1. The van der Waals surface area contributed by atoms with Gasteiger partial charge in [0.05, 0.1) is 18.2 Å². The minimum Gasteiger partial charge on any atom is -0.378 e. The first kappa shape index (κ1) is 17.6. The van der Waals surface area contributed by atoms with Crippen molar-refractivity contribution >= 4 is 22.2 Å². The second-order valence-electron chi connectivity index (χ2n) is 6.99. The number of hydrogen-bond donors (Lipinski definition) is 0. The van der Waals surface area contributed by atoms with Crippen molar-refractivity contribution in [1.29, 1.82) is 0 Å². The van der Waals surface area contributed by atoms with E-state index >= 15 is 0 Å². The molecule has 7 nitrogen and oxygen atoms in total. The van der Waals surface area contributed by atoms with Gasteiger partial charge in [0.15, 0.2) is 4.96 Å². The number of amides is 1. The summed E-state index contributed by atoms with van der Waals surface area (Å²) in [5, 5.41) is 1.87. The predicted octanol–water partition coefficient (Wildman–Crippen LogP) is 1.36. The minimum atomic E-state index is -0.0347. The zero-order chi connectivity index (χ0) is 17.9. The van der Waals surface area contributed by atoms with Crippen LogP contribution in [0.1, 0.15) is 31.4 Å². The van der Waals surface area contributed by atoms with Crippen LogP contribution < -0.4 is 5.56 Å². The van der Waals surface area contributed by atoms with Gasteiger partial charge in [-0.05, 0) is 19.3 Å². The van der Waals surface area contributed by atoms with Gasteiger partial charge >= 0.3 is 0 Å². The molecule has 1 unspecified atom stereocenters. The lowest BCUT2D eigenvalue weighted by Crippen LogP contribution is -2.49. The van der Waals surface area contributed by atoms with E-state index in [2.05, 4.69) is 9.88 Å². The van der Waals surface area contributed by atoms with E-state index in [0.717, 1.165) is 62.7 Å². The number of thiazole rings is 1. The molecule has 2 aromatic heterocycles. The average molecular weight is 376 g/mol. The fourth-order valence-corrected chi connectivity index (χ4v) is 4.38. The van der Waals surface area contributed by atoms with Crippen LogP contribution in [-0.2, 0) is 16.1 Å². The molecule has 1 amide bonds. The van der Waals surface area contributed by atoms with Crippen molar-refractivity contribution in [2.75, 3.05) is 32.8 Å². The summed E-state index contributed by atoms with van der Waals surface area (Å²) < 4.78 is 7.25. The fraction of sp³-hybridized carbons (Fsp3) is 0.611. The minimum absolute atomic E-state index is 0.0347. The van der Waals surface area contributed by atoms with Crippen LogP contribution in [-0.4, -0.2) is 64.0 Å². The molecule has 0 radical (unpaired) electrons. The molecule has 0 aromatic carbocycles.